The van der Waals surface area contributed by atoms with E-state index in [1.807, 2.05) is 54.6 Å². The van der Waals surface area contributed by atoms with E-state index in [0.717, 1.165) is 42.6 Å². The lowest BCUT2D eigenvalue weighted by Crippen LogP contribution is -2.45. The Morgan fingerprint density at radius 3 is 2.27 bits per heavy atom. The van der Waals surface area contributed by atoms with Crippen LogP contribution < -0.4 is 10.2 Å². The fourth-order valence-corrected chi connectivity index (χ4v) is 4.21. The fourth-order valence-electron chi connectivity index (χ4n) is 4.21. The first-order chi connectivity index (χ1) is 14.6. The fraction of sp³-hybridized carbons (Fsp3) is 0.375. The third-order valence-electron chi connectivity index (χ3n) is 5.82. The minimum Gasteiger partial charge on any atom is -0.350 e. The summed E-state index contributed by atoms with van der Waals surface area (Å²) in [6.07, 6.45) is 3.79. The number of hydrogen-bond donors (Lipinski definition) is 1. The summed E-state index contributed by atoms with van der Waals surface area (Å²) in [6, 6.07) is 16.6. The highest BCUT2D eigenvalue weighted by Gasteiger charge is 2.32. The van der Waals surface area contributed by atoms with Crippen LogP contribution in [0.4, 0.5) is 5.69 Å². The zero-order valence-electron chi connectivity index (χ0n) is 17.0. The molecule has 2 aromatic rings. The maximum absolute atomic E-state index is 13.1. The van der Waals surface area contributed by atoms with Gasteiger partial charge in [-0.25, -0.2) is 0 Å². The Kier molecular flexibility index (Phi) is 6.12. The largest absolute Gasteiger partial charge is 0.350 e. The number of likely N-dealkylation sites (tertiary alicyclic amines) is 1. The van der Waals surface area contributed by atoms with Crippen molar-refractivity contribution in [2.24, 2.45) is 0 Å². The Hall–Kier alpha value is -3.15. The van der Waals surface area contributed by atoms with Crippen LogP contribution >= 0.6 is 0 Å². The molecule has 2 aliphatic heterocycles. The smallest absolute Gasteiger partial charge is 0.247 e. The first-order valence-corrected chi connectivity index (χ1v) is 10.6. The van der Waals surface area contributed by atoms with E-state index in [2.05, 4.69) is 5.32 Å². The molecule has 2 saturated heterocycles. The SMILES string of the molecule is O=C(NCc1ccc(N2CCCC2=O)cc1)C(c1ccccc1)N1CCCCC1=O. The lowest BCUT2D eigenvalue weighted by molar-refractivity contribution is -0.142. The van der Waals surface area contributed by atoms with Crippen LogP contribution in [0.1, 0.15) is 49.3 Å². The van der Waals surface area contributed by atoms with E-state index in [0.29, 0.717) is 25.9 Å². The Bertz CT molecular complexity index is 911. The minimum atomic E-state index is -0.611. The van der Waals surface area contributed by atoms with Gasteiger partial charge in [-0.05, 0) is 42.5 Å². The first kappa shape index (κ1) is 20.1. The maximum atomic E-state index is 13.1. The normalized spacial score (nSPS) is 17.9. The van der Waals surface area contributed by atoms with Crippen molar-refractivity contribution >= 4 is 23.4 Å². The molecule has 3 amide bonds. The van der Waals surface area contributed by atoms with Crippen molar-refractivity contribution in [2.75, 3.05) is 18.0 Å². The Morgan fingerprint density at radius 1 is 0.867 bits per heavy atom. The van der Waals surface area contributed by atoms with Gasteiger partial charge in [-0.1, -0.05) is 42.5 Å². The lowest BCUT2D eigenvalue weighted by Gasteiger charge is -2.34. The highest BCUT2D eigenvalue weighted by Crippen LogP contribution is 2.26. The summed E-state index contributed by atoms with van der Waals surface area (Å²) < 4.78 is 0. The number of rotatable bonds is 6. The molecule has 6 heteroatoms. The van der Waals surface area contributed by atoms with Crippen molar-refractivity contribution in [3.63, 3.8) is 0 Å². The van der Waals surface area contributed by atoms with Crippen molar-refractivity contribution in [1.29, 1.82) is 0 Å². The second kappa shape index (κ2) is 9.11. The number of nitrogens with zero attached hydrogens (tertiary/aromatic N) is 2. The molecule has 6 nitrogen and oxygen atoms in total. The van der Waals surface area contributed by atoms with Crippen molar-refractivity contribution in [3.8, 4) is 0 Å². The number of nitrogens with one attached hydrogen (secondary N) is 1. The van der Waals surface area contributed by atoms with Gasteiger partial charge in [0.25, 0.3) is 0 Å². The van der Waals surface area contributed by atoms with E-state index in [1.165, 1.54) is 0 Å². The van der Waals surface area contributed by atoms with Gasteiger partial charge in [-0.15, -0.1) is 0 Å². The second-order valence-electron chi connectivity index (χ2n) is 7.89. The predicted octanol–water partition coefficient (Wildman–Crippen LogP) is 3.18. The molecule has 0 aliphatic carbocycles. The van der Waals surface area contributed by atoms with Gasteiger partial charge < -0.3 is 15.1 Å². The van der Waals surface area contributed by atoms with Crippen molar-refractivity contribution in [2.45, 2.75) is 44.7 Å². The van der Waals surface area contributed by atoms with Crippen molar-refractivity contribution in [3.05, 3.63) is 65.7 Å². The molecule has 2 aromatic carbocycles. The Balaban J connectivity index is 1.45. The average Bonchev–Trinajstić information content (AvgIpc) is 3.21. The van der Waals surface area contributed by atoms with Crippen LogP contribution in [-0.2, 0) is 20.9 Å². The molecule has 2 heterocycles. The zero-order valence-corrected chi connectivity index (χ0v) is 17.0. The van der Waals surface area contributed by atoms with Crippen LogP contribution in [0.25, 0.3) is 0 Å². The summed E-state index contributed by atoms with van der Waals surface area (Å²) in [6.45, 7) is 1.74. The van der Waals surface area contributed by atoms with E-state index in [4.69, 9.17) is 0 Å². The third kappa shape index (κ3) is 4.37. The van der Waals surface area contributed by atoms with Crippen LogP contribution in [0, 0.1) is 0 Å². The third-order valence-corrected chi connectivity index (χ3v) is 5.82. The zero-order chi connectivity index (χ0) is 20.9. The van der Waals surface area contributed by atoms with Gasteiger partial charge in [0.1, 0.15) is 6.04 Å². The van der Waals surface area contributed by atoms with Gasteiger partial charge in [0.15, 0.2) is 0 Å². The number of benzene rings is 2. The molecule has 1 atom stereocenters. The molecular weight excluding hydrogens is 378 g/mol. The quantitative estimate of drug-likeness (QED) is 0.803. The Labute approximate surface area is 176 Å². The van der Waals surface area contributed by atoms with Crippen LogP contribution in [0.3, 0.4) is 0 Å². The monoisotopic (exact) mass is 405 g/mol. The van der Waals surface area contributed by atoms with Crippen LogP contribution in [-0.4, -0.2) is 35.7 Å². The number of carbonyl (C=O) groups is 3. The molecule has 0 bridgehead atoms. The molecule has 156 valence electrons. The number of hydrogen-bond acceptors (Lipinski definition) is 3. The summed E-state index contributed by atoms with van der Waals surface area (Å²) in [5.74, 6) is 0.0214. The number of amides is 3. The van der Waals surface area contributed by atoms with Gasteiger partial charge in [0.2, 0.25) is 17.7 Å². The standard InChI is InChI=1S/C24H27N3O3/c28-21-10-6-16-26(21)20-13-11-18(12-14-20)17-25-24(30)23(19-7-2-1-3-8-19)27-15-5-4-9-22(27)29/h1-3,7-8,11-14,23H,4-6,9-10,15-17H2,(H,25,30). The van der Waals surface area contributed by atoms with E-state index in [-0.39, 0.29) is 17.7 Å². The molecule has 30 heavy (non-hydrogen) atoms. The van der Waals surface area contributed by atoms with Crippen molar-refractivity contribution in [1.82, 2.24) is 10.2 Å². The van der Waals surface area contributed by atoms with Crippen molar-refractivity contribution < 1.29 is 14.4 Å². The van der Waals surface area contributed by atoms with Gasteiger partial charge in [0.05, 0.1) is 0 Å². The molecule has 0 aromatic heterocycles. The molecule has 0 spiro atoms. The average molecular weight is 405 g/mol. The van der Waals surface area contributed by atoms with Crippen LogP contribution in [0.15, 0.2) is 54.6 Å². The maximum Gasteiger partial charge on any atom is 0.247 e. The Morgan fingerprint density at radius 2 is 1.60 bits per heavy atom. The second-order valence-corrected chi connectivity index (χ2v) is 7.89. The lowest BCUT2D eigenvalue weighted by atomic mass is 10.0. The topological polar surface area (TPSA) is 69.7 Å². The molecule has 2 fully saturated rings. The molecular formula is C24H27N3O3. The molecule has 0 saturated carbocycles. The van der Waals surface area contributed by atoms with Crippen LogP contribution in [0.2, 0.25) is 0 Å². The molecule has 2 aliphatic rings. The van der Waals surface area contributed by atoms with E-state index < -0.39 is 6.04 Å². The highest BCUT2D eigenvalue weighted by atomic mass is 16.2. The van der Waals surface area contributed by atoms with E-state index in [9.17, 15) is 14.4 Å². The number of anilines is 1. The van der Waals surface area contributed by atoms with Crippen LogP contribution in [0.5, 0.6) is 0 Å². The molecule has 0 radical (unpaired) electrons. The van der Waals surface area contributed by atoms with Gasteiger partial charge >= 0.3 is 0 Å². The van der Waals surface area contributed by atoms with Gasteiger partial charge in [-0.2, -0.15) is 0 Å². The summed E-state index contributed by atoms with van der Waals surface area (Å²) >= 11 is 0. The molecule has 1 unspecified atom stereocenters. The summed E-state index contributed by atoms with van der Waals surface area (Å²) in [5.41, 5.74) is 2.68. The number of carbonyl (C=O) groups excluding carboxylic acids is 3. The summed E-state index contributed by atoms with van der Waals surface area (Å²) in [5, 5.41) is 3.00. The highest BCUT2D eigenvalue weighted by molar-refractivity contribution is 5.95. The molecule has 4 rings (SSSR count). The summed E-state index contributed by atoms with van der Waals surface area (Å²) in [7, 11) is 0. The van der Waals surface area contributed by atoms with E-state index >= 15 is 0 Å². The van der Waals surface area contributed by atoms with Gasteiger partial charge in [-0.3, -0.25) is 14.4 Å². The first-order valence-electron chi connectivity index (χ1n) is 10.6. The molecule has 1 N–H and O–H groups in total. The minimum absolute atomic E-state index is 0.0323. The predicted molar refractivity (Wildman–Crippen MR) is 115 cm³/mol. The number of piperidine rings is 1. The van der Waals surface area contributed by atoms with E-state index in [1.54, 1.807) is 9.80 Å². The summed E-state index contributed by atoms with van der Waals surface area (Å²) in [4.78, 5) is 41.0. The van der Waals surface area contributed by atoms with Gasteiger partial charge in [0, 0.05) is 38.2 Å².